The van der Waals surface area contributed by atoms with E-state index >= 15 is 0 Å². The zero-order valence-corrected chi connectivity index (χ0v) is 64.7. The number of amides is 2. The molecule has 12 nitrogen and oxygen atoms in total. The Morgan fingerprint density at radius 1 is 0.583 bits per heavy atom. The number of sulfone groups is 1. The predicted octanol–water partition coefficient (Wildman–Crippen LogP) is 23.9. The lowest BCUT2D eigenvalue weighted by Crippen LogP contribution is -2.24. The molecule has 0 radical (unpaired) electrons. The smallest absolute Gasteiger partial charge is 0.296 e. The number of benzene rings is 5. The standard InChI is InChI=1S/C22H30N2OS2.C12H17N2S2.C12H17NO.C11H14O2S.C10H11N2.C10H15NS2/c1-17(2)9-5-4-7-16-24-22(25)20-13-11-19(12-14-20)18(3)26-27-21-10-6-8-15-23-21;1-10(2)8-9-15-16-12-6-4-11(5-7-12)14-13-3;1-4-12(14)13-11-7-5-10(6-8-11)9(2)3;1-4-14(12,13)11-7-5-10(6-8-11)9(2)3;1-8(2)9-3-5-10(6-4-9)12-7-11;1-9(2)6-8-12-13-10-5-3-4-7-11-10/h6,8,10-15,17-18H,4-5,7,9,16H2,1-3H3,(H,24,25);4-7,10H,3,8-9H2,1-2H3;5-9H,4H2,1-3H3,(H,13,14);4-9H,1H2,2-3H3;3-6,8H,1-2H3;3-5,7,9H,6,8H2,1-2H3/q;+1;;;-1;. The van der Waals surface area contributed by atoms with Gasteiger partial charge < -0.3 is 21.0 Å². The van der Waals surface area contributed by atoms with Crippen molar-refractivity contribution < 1.29 is 22.8 Å². The summed E-state index contributed by atoms with van der Waals surface area (Å²) >= 11 is 0. The van der Waals surface area contributed by atoms with Crippen LogP contribution in [0.3, 0.4) is 0 Å². The Kier molecular flexibility index (Phi) is 45.8. The first kappa shape index (κ1) is 86.0. The topological polar surface area (TPSA) is 179 Å². The molecule has 0 saturated carbocycles. The number of aliphatic imine (C=N–C) groups is 1. The van der Waals surface area contributed by atoms with Crippen molar-refractivity contribution in [2.45, 2.75) is 185 Å². The van der Waals surface area contributed by atoms with Crippen molar-refractivity contribution in [3.8, 4) is 0 Å². The van der Waals surface area contributed by atoms with E-state index in [1.165, 1.54) is 65.2 Å². The molecular weight excluding hydrogens is 1330 g/mol. The molecule has 19 heteroatoms. The number of aromatic nitrogens is 2. The minimum Gasteiger partial charge on any atom is -0.422 e. The SMILES string of the molecule is C=CS(=O)(=O)c1ccc(C(C)C)cc1.C=[N+]=Nc1ccc(SSCCC(C)C)cc1.CC(C)CCCCCNC(=O)c1ccc(C(C)SSc2ccccn2)cc1.CC(C)CCSSc1ccccn1.CC(C)c1ccc(N=C=[N-])cc1.CCC(=O)Nc1ccc(C(C)C)cc1. The van der Waals surface area contributed by atoms with Crippen LogP contribution in [0.15, 0.2) is 212 Å². The number of carbonyl (C=O) groups excluding carboxylic acids is 2. The third-order valence-corrected chi connectivity index (χ3v) is 22.7. The van der Waals surface area contributed by atoms with Gasteiger partial charge in [0.2, 0.25) is 5.91 Å². The molecule has 5 aromatic carbocycles. The summed E-state index contributed by atoms with van der Waals surface area (Å²) in [5.41, 5.74) is 8.10. The van der Waals surface area contributed by atoms with Crippen LogP contribution in [0.4, 0.5) is 17.1 Å². The maximum Gasteiger partial charge on any atom is 0.296 e. The van der Waals surface area contributed by atoms with Crippen molar-refractivity contribution in [2.24, 2.45) is 27.9 Å². The molecule has 7 rings (SSSR count). The van der Waals surface area contributed by atoms with Crippen LogP contribution in [-0.2, 0) is 14.6 Å². The fourth-order valence-corrected chi connectivity index (χ4v) is 15.1. The largest absolute Gasteiger partial charge is 0.422 e. The van der Waals surface area contributed by atoms with E-state index in [1.54, 1.807) is 50.5 Å². The van der Waals surface area contributed by atoms with Gasteiger partial charge >= 0.3 is 0 Å². The summed E-state index contributed by atoms with van der Waals surface area (Å²) in [6.45, 7) is 37.6. The van der Waals surface area contributed by atoms with Crippen LogP contribution in [-0.4, -0.2) is 65.8 Å². The van der Waals surface area contributed by atoms with E-state index in [4.69, 9.17) is 5.41 Å². The van der Waals surface area contributed by atoms with Gasteiger partial charge in [-0.2, -0.15) is 6.01 Å². The van der Waals surface area contributed by atoms with Gasteiger partial charge in [0.1, 0.15) is 20.9 Å². The molecule has 1 unspecified atom stereocenters. The van der Waals surface area contributed by atoms with Crippen LogP contribution in [0.25, 0.3) is 5.41 Å². The van der Waals surface area contributed by atoms with Crippen LogP contribution < -0.4 is 10.6 Å². The summed E-state index contributed by atoms with van der Waals surface area (Å²) in [7, 11) is 7.56. The molecule has 0 spiro atoms. The van der Waals surface area contributed by atoms with Gasteiger partial charge in [0.05, 0.1) is 4.90 Å². The van der Waals surface area contributed by atoms with E-state index in [9.17, 15) is 18.0 Å². The highest BCUT2D eigenvalue weighted by atomic mass is 33.1. The van der Waals surface area contributed by atoms with E-state index in [1.807, 2.05) is 173 Å². The molecule has 96 heavy (non-hydrogen) atoms. The Morgan fingerprint density at radius 3 is 1.52 bits per heavy atom. The number of pyridine rings is 2. The Morgan fingerprint density at radius 2 is 1.06 bits per heavy atom. The highest BCUT2D eigenvalue weighted by Gasteiger charge is 2.12. The van der Waals surface area contributed by atoms with Crippen molar-refractivity contribution in [1.82, 2.24) is 15.3 Å². The van der Waals surface area contributed by atoms with E-state index in [2.05, 4.69) is 163 Å². The summed E-state index contributed by atoms with van der Waals surface area (Å²) in [5, 5.41) is 21.4. The summed E-state index contributed by atoms with van der Waals surface area (Å²) in [4.78, 5) is 40.6. The van der Waals surface area contributed by atoms with Crippen LogP contribution in [0.1, 0.15) is 197 Å². The Hall–Kier alpha value is -6.11. The molecular formula is C77H104N8O4S7. The first-order valence-electron chi connectivity index (χ1n) is 32.9. The number of unbranched alkanes of at least 4 members (excludes halogenated alkanes) is 2. The first-order chi connectivity index (χ1) is 45.9. The summed E-state index contributed by atoms with van der Waals surface area (Å²) in [5.74, 6) is 6.31. The van der Waals surface area contributed by atoms with Gasteiger partial charge in [-0.1, -0.05) is 232 Å². The maximum absolute atomic E-state index is 12.2. The monoisotopic (exact) mass is 1430 g/mol. The quantitative estimate of drug-likeness (QED) is 0.0143. The molecule has 1 atom stereocenters. The molecule has 0 aliphatic rings. The maximum atomic E-state index is 12.2. The molecule has 0 fully saturated rings. The minimum absolute atomic E-state index is 0.0218. The number of rotatable bonds is 30. The third-order valence-electron chi connectivity index (χ3n) is 13.8. The van der Waals surface area contributed by atoms with Gasteiger partial charge in [0.15, 0.2) is 9.84 Å². The molecule has 2 N–H and O–H groups in total. The third kappa shape index (κ3) is 39.9. The Bertz CT molecular complexity index is 3440. The summed E-state index contributed by atoms with van der Waals surface area (Å²) in [6.07, 6.45) is 11.5. The number of anilines is 1. The number of nitrogens with one attached hydrogen (secondary N) is 2. The van der Waals surface area contributed by atoms with Gasteiger partial charge in [-0.05, 0) is 196 Å². The molecule has 0 aliphatic heterocycles. The average Bonchev–Trinajstić information content (AvgIpc) is 0.936. The van der Waals surface area contributed by atoms with Crippen LogP contribution in [0.5, 0.6) is 0 Å². The van der Waals surface area contributed by atoms with E-state index in [0.29, 0.717) is 34.3 Å². The number of carbonyl (C=O) groups is 2. The highest BCUT2D eigenvalue weighted by molar-refractivity contribution is 8.77. The predicted molar refractivity (Wildman–Crippen MR) is 422 cm³/mol. The highest BCUT2D eigenvalue weighted by Crippen LogP contribution is 2.41. The van der Waals surface area contributed by atoms with Crippen molar-refractivity contribution in [2.75, 3.05) is 23.4 Å². The molecule has 2 heterocycles. The lowest BCUT2D eigenvalue weighted by Gasteiger charge is -2.11. The lowest BCUT2D eigenvalue weighted by atomic mass is 10.0. The van der Waals surface area contributed by atoms with Crippen LogP contribution in [0, 0.1) is 17.8 Å². The Balaban J connectivity index is 0.000000403. The van der Waals surface area contributed by atoms with E-state index in [0.717, 1.165) is 74.4 Å². The normalized spacial score (nSPS) is 11.0. The summed E-state index contributed by atoms with van der Waals surface area (Å²) in [6, 6.07) is 52.3. The summed E-state index contributed by atoms with van der Waals surface area (Å²) < 4.78 is 22.7. The second-order valence-corrected chi connectivity index (χ2v) is 33.6. The molecule has 7 aromatic rings. The molecule has 0 saturated heterocycles. The number of hydrogen-bond donors (Lipinski definition) is 2. The number of hydrogen-bond acceptors (Lipinski definition) is 14. The second kappa shape index (κ2) is 51.1. The van der Waals surface area contributed by atoms with Gasteiger partial charge in [0, 0.05) is 68.5 Å². The van der Waals surface area contributed by atoms with Crippen LogP contribution >= 0.6 is 64.8 Å². The van der Waals surface area contributed by atoms with E-state index < -0.39 is 9.84 Å². The number of nitrogens with zero attached hydrogens (tertiary/aromatic N) is 6. The Labute approximate surface area is 600 Å². The molecule has 0 bridgehead atoms. The molecule has 2 aromatic heterocycles. The van der Waals surface area contributed by atoms with Gasteiger partial charge in [-0.25, -0.2) is 18.4 Å². The van der Waals surface area contributed by atoms with Crippen molar-refractivity contribution in [1.29, 1.82) is 0 Å². The zero-order valence-electron chi connectivity index (χ0n) is 58.9. The fourth-order valence-electron chi connectivity index (χ4n) is 7.79. The minimum atomic E-state index is -3.28. The van der Waals surface area contributed by atoms with Gasteiger partial charge in [-0.3, -0.25) is 9.59 Å². The second-order valence-electron chi connectivity index (χ2n) is 24.3. The zero-order chi connectivity index (χ0) is 71.1. The molecule has 0 aliphatic carbocycles. The van der Waals surface area contributed by atoms with Crippen LogP contribution in [0.2, 0.25) is 0 Å². The fraction of sp³-hybridized carbons (Fsp3) is 0.403. The van der Waals surface area contributed by atoms with Gasteiger partial charge in [-0.15, -0.1) is 0 Å². The average molecular weight is 1430 g/mol. The lowest BCUT2D eigenvalue weighted by molar-refractivity contribution is -0.115. The van der Waals surface area contributed by atoms with Crippen molar-refractivity contribution in [3.05, 3.63) is 215 Å². The molecule has 2 amide bonds. The van der Waals surface area contributed by atoms with Crippen molar-refractivity contribution in [3.63, 3.8) is 0 Å². The van der Waals surface area contributed by atoms with Crippen molar-refractivity contribution >= 4 is 116 Å². The molecule has 518 valence electrons. The van der Waals surface area contributed by atoms with E-state index in [-0.39, 0.29) is 11.8 Å². The van der Waals surface area contributed by atoms with Gasteiger partial charge in [0.25, 0.3) is 12.6 Å². The first-order valence-corrected chi connectivity index (χ1v) is 41.3.